The van der Waals surface area contributed by atoms with Crippen LogP contribution in [0.15, 0.2) is 18.6 Å². The van der Waals surface area contributed by atoms with E-state index in [1.54, 1.807) is 6.33 Å². The number of nitrogens with zero attached hydrogens (tertiary/aromatic N) is 4. The molecule has 2 unspecified atom stereocenters. The summed E-state index contributed by atoms with van der Waals surface area (Å²) in [5.41, 5.74) is 0.924. The molecule has 100 valence electrons. The lowest BCUT2D eigenvalue weighted by Gasteiger charge is -2.21. The molecule has 0 radical (unpaired) electrons. The first-order chi connectivity index (χ1) is 9.24. The van der Waals surface area contributed by atoms with Crippen molar-refractivity contribution in [1.29, 1.82) is 0 Å². The van der Waals surface area contributed by atoms with Gasteiger partial charge in [-0.2, -0.15) is 0 Å². The SMILES string of the molecule is CN1CC2C(C1)C2CN(C)c1ncnc2[nH]ccc12. The van der Waals surface area contributed by atoms with Crippen LogP contribution in [0, 0.1) is 17.8 Å². The quantitative estimate of drug-likeness (QED) is 0.897. The molecular formula is C14H19N5. The Morgan fingerprint density at radius 3 is 2.95 bits per heavy atom. The Labute approximate surface area is 112 Å². The van der Waals surface area contributed by atoms with Crippen molar-refractivity contribution in [3.63, 3.8) is 0 Å². The van der Waals surface area contributed by atoms with Crippen LogP contribution in [0.2, 0.25) is 0 Å². The third kappa shape index (κ3) is 1.72. The van der Waals surface area contributed by atoms with Crippen LogP contribution < -0.4 is 4.90 Å². The van der Waals surface area contributed by atoms with Crippen molar-refractivity contribution >= 4 is 16.9 Å². The lowest BCUT2D eigenvalue weighted by atomic mass is 10.2. The van der Waals surface area contributed by atoms with Gasteiger partial charge in [0.25, 0.3) is 0 Å². The number of piperidine rings is 1. The molecular weight excluding hydrogens is 238 g/mol. The van der Waals surface area contributed by atoms with Crippen LogP contribution in [0.3, 0.4) is 0 Å². The molecule has 5 nitrogen and oxygen atoms in total. The van der Waals surface area contributed by atoms with Gasteiger partial charge in [0, 0.05) is 32.9 Å². The molecule has 0 aromatic carbocycles. The van der Waals surface area contributed by atoms with Crippen molar-refractivity contribution < 1.29 is 0 Å². The Morgan fingerprint density at radius 2 is 2.16 bits per heavy atom. The Bertz CT molecular complexity index is 595. The van der Waals surface area contributed by atoms with E-state index in [4.69, 9.17) is 0 Å². The molecule has 2 aliphatic rings. The summed E-state index contributed by atoms with van der Waals surface area (Å²) >= 11 is 0. The lowest BCUT2D eigenvalue weighted by Crippen LogP contribution is -2.27. The Morgan fingerprint density at radius 1 is 1.37 bits per heavy atom. The predicted octanol–water partition coefficient (Wildman–Crippen LogP) is 1.20. The Balaban J connectivity index is 1.52. The highest BCUT2D eigenvalue weighted by Gasteiger charge is 2.54. The van der Waals surface area contributed by atoms with Crippen LogP contribution in [0.4, 0.5) is 5.82 Å². The number of rotatable bonds is 3. The van der Waals surface area contributed by atoms with Crippen molar-refractivity contribution in [2.24, 2.45) is 17.8 Å². The molecule has 2 aromatic heterocycles. The molecule has 1 aliphatic carbocycles. The summed E-state index contributed by atoms with van der Waals surface area (Å²) in [5, 5.41) is 1.12. The monoisotopic (exact) mass is 257 g/mol. The summed E-state index contributed by atoms with van der Waals surface area (Å²) in [6.07, 6.45) is 3.57. The van der Waals surface area contributed by atoms with E-state index in [-0.39, 0.29) is 0 Å². The van der Waals surface area contributed by atoms with E-state index in [0.717, 1.165) is 41.1 Å². The van der Waals surface area contributed by atoms with E-state index in [1.807, 2.05) is 6.20 Å². The minimum atomic E-state index is 0.852. The molecule has 1 N–H and O–H groups in total. The maximum Gasteiger partial charge on any atom is 0.142 e. The minimum Gasteiger partial charge on any atom is -0.359 e. The molecule has 2 aromatic rings. The summed E-state index contributed by atoms with van der Waals surface area (Å²) in [4.78, 5) is 16.6. The molecule has 2 atom stereocenters. The standard InChI is InChI=1S/C14H19N5/c1-18-5-10-11(6-18)12(10)7-19(2)14-9-3-4-15-13(9)16-8-17-14/h3-4,8,10-12H,5-7H2,1-2H3,(H,15,16,17). The highest BCUT2D eigenvalue weighted by Crippen LogP contribution is 2.51. The first-order valence-electron chi connectivity index (χ1n) is 6.92. The average Bonchev–Trinajstić information content (AvgIpc) is 2.84. The van der Waals surface area contributed by atoms with Crippen LogP contribution in [0.5, 0.6) is 0 Å². The van der Waals surface area contributed by atoms with Crippen LogP contribution in [0.1, 0.15) is 0 Å². The van der Waals surface area contributed by atoms with Crippen molar-refractivity contribution in [3.05, 3.63) is 18.6 Å². The van der Waals surface area contributed by atoms with Crippen molar-refractivity contribution in [1.82, 2.24) is 19.9 Å². The third-order valence-electron chi connectivity index (χ3n) is 4.73. The maximum atomic E-state index is 4.45. The number of fused-ring (bicyclic) bond motifs is 2. The average molecular weight is 257 g/mol. The van der Waals surface area contributed by atoms with E-state index in [0.29, 0.717) is 0 Å². The topological polar surface area (TPSA) is 48.1 Å². The number of aromatic nitrogens is 3. The first-order valence-corrected chi connectivity index (χ1v) is 6.92. The van der Waals surface area contributed by atoms with Gasteiger partial charge in [-0.15, -0.1) is 0 Å². The van der Waals surface area contributed by atoms with Gasteiger partial charge in [0.05, 0.1) is 5.39 Å². The highest BCUT2D eigenvalue weighted by atomic mass is 15.2. The molecule has 4 rings (SSSR count). The number of hydrogen-bond donors (Lipinski definition) is 1. The second-order valence-corrected chi connectivity index (χ2v) is 6.03. The molecule has 0 amide bonds. The second kappa shape index (κ2) is 3.93. The van der Waals surface area contributed by atoms with Gasteiger partial charge in [-0.1, -0.05) is 0 Å². The summed E-state index contributed by atoms with van der Waals surface area (Å²) in [6, 6.07) is 2.06. The molecule has 1 saturated carbocycles. The maximum absolute atomic E-state index is 4.45. The molecule has 19 heavy (non-hydrogen) atoms. The second-order valence-electron chi connectivity index (χ2n) is 6.03. The number of aromatic amines is 1. The van der Waals surface area contributed by atoms with Gasteiger partial charge in [-0.05, 0) is 30.9 Å². The van der Waals surface area contributed by atoms with Gasteiger partial charge < -0.3 is 14.8 Å². The predicted molar refractivity (Wildman–Crippen MR) is 75.1 cm³/mol. The summed E-state index contributed by atoms with van der Waals surface area (Å²) < 4.78 is 0. The van der Waals surface area contributed by atoms with E-state index < -0.39 is 0 Å². The van der Waals surface area contributed by atoms with Gasteiger partial charge in [-0.25, -0.2) is 9.97 Å². The molecule has 1 saturated heterocycles. The number of anilines is 1. The first kappa shape index (κ1) is 11.2. The molecule has 3 heterocycles. The third-order valence-corrected chi connectivity index (χ3v) is 4.73. The zero-order chi connectivity index (χ0) is 13.0. The largest absolute Gasteiger partial charge is 0.359 e. The smallest absolute Gasteiger partial charge is 0.142 e. The summed E-state index contributed by atoms with van der Waals surface area (Å²) in [5.74, 6) is 3.72. The summed E-state index contributed by atoms with van der Waals surface area (Å²) in [7, 11) is 4.37. The van der Waals surface area contributed by atoms with Crippen molar-refractivity contribution in [3.8, 4) is 0 Å². The van der Waals surface area contributed by atoms with E-state index in [1.165, 1.54) is 13.1 Å². The minimum absolute atomic E-state index is 0.852. The number of hydrogen-bond acceptors (Lipinski definition) is 4. The lowest BCUT2D eigenvalue weighted by molar-refractivity contribution is 0.345. The molecule has 1 aliphatic heterocycles. The highest BCUT2D eigenvalue weighted by molar-refractivity contribution is 5.87. The molecule has 2 fully saturated rings. The fourth-order valence-electron chi connectivity index (χ4n) is 3.70. The zero-order valence-corrected chi connectivity index (χ0v) is 11.4. The zero-order valence-electron chi connectivity index (χ0n) is 11.4. The van der Waals surface area contributed by atoms with E-state index in [2.05, 4.69) is 44.9 Å². The van der Waals surface area contributed by atoms with Crippen LogP contribution in [-0.4, -0.2) is 53.6 Å². The van der Waals surface area contributed by atoms with E-state index in [9.17, 15) is 0 Å². The van der Waals surface area contributed by atoms with Gasteiger partial charge in [0.2, 0.25) is 0 Å². The Kier molecular flexibility index (Phi) is 2.33. The van der Waals surface area contributed by atoms with Gasteiger partial charge in [0.15, 0.2) is 0 Å². The molecule has 0 bridgehead atoms. The van der Waals surface area contributed by atoms with Crippen LogP contribution in [0.25, 0.3) is 11.0 Å². The van der Waals surface area contributed by atoms with Crippen LogP contribution >= 0.6 is 0 Å². The number of likely N-dealkylation sites (tertiary alicyclic amines) is 1. The normalized spacial score (nSPS) is 29.7. The van der Waals surface area contributed by atoms with Crippen molar-refractivity contribution in [2.45, 2.75) is 0 Å². The fourth-order valence-corrected chi connectivity index (χ4v) is 3.70. The van der Waals surface area contributed by atoms with Crippen molar-refractivity contribution in [2.75, 3.05) is 38.6 Å². The van der Waals surface area contributed by atoms with E-state index >= 15 is 0 Å². The number of H-pyrrole nitrogens is 1. The van der Waals surface area contributed by atoms with Gasteiger partial charge in [-0.3, -0.25) is 0 Å². The molecule has 0 spiro atoms. The number of nitrogens with one attached hydrogen (secondary N) is 1. The molecule has 5 heteroatoms. The van der Waals surface area contributed by atoms with Crippen LogP contribution in [-0.2, 0) is 0 Å². The van der Waals surface area contributed by atoms with Gasteiger partial charge in [0.1, 0.15) is 17.8 Å². The fraction of sp³-hybridized carbons (Fsp3) is 0.571. The Hall–Kier alpha value is -1.62. The summed E-state index contributed by atoms with van der Waals surface area (Å²) in [6.45, 7) is 3.65. The van der Waals surface area contributed by atoms with Gasteiger partial charge >= 0.3 is 0 Å².